The lowest BCUT2D eigenvalue weighted by Gasteiger charge is -2.39. The molecule has 0 bridgehead atoms. The maximum atomic E-state index is 2.85. The molecule has 0 amide bonds. The Morgan fingerprint density at radius 1 is 0.413 bits per heavy atom. The van der Waals surface area contributed by atoms with Crippen LogP contribution in [0.1, 0.15) is 190 Å². The van der Waals surface area contributed by atoms with Crippen molar-refractivity contribution < 1.29 is 0 Å². The van der Waals surface area contributed by atoms with Crippen LogP contribution in [0.15, 0.2) is 288 Å². The fourth-order valence-electron chi connectivity index (χ4n) is 22.9. The van der Waals surface area contributed by atoms with Crippen LogP contribution in [0.2, 0.25) is 0 Å². The SMILES string of the molecule is CC1(C)C2=CC(C3=CCCC=C3)=CC(c3cc4c5c(c6c7c(cc(-c8cc(C9=CC=CCC9)cc9c8-c8ccccc8C9(C)C)cc7c5c3)=CC(C3C=C(C5=CCCC=C5)C=C5C3c3ccccc3C5(C)C)C6)CC(C3=C5c6ccccc6C(C)(C)C5CC(c5ccccc5)=C3)C=4)C2c2ccccc21. The second-order valence-corrected chi connectivity index (χ2v) is 34.9. The molecule has 12 aliphatic rings. The second-order valence-electron chi connectivity index (χ2n) is 34.9. The molecule has 0 nitrogen and oxygen atoms in total. The number of hydrogen-bond acceptors (Lipinski definition) is 0. The van der Waals surface area contributed by atoms with E-state index in [1.165, 1.54) is 154 Å². The zero-order valence-corrected chi connectivity index (χ0v) is 61.7. The van der Waals surface area contributed by atoms with E-state index in [0.29, 0.717) is 5.92 Å². The number of rotatable bonds is 8. The van der Waals surface area contributed by atoms with Gasteiger partial charge in [-0.1, -0.05) is 297 Å². The molecule has 0 heteroatoms. The molecular formula is C104H92. The average Bonchev–Trinajstić information content (AvgIpc) is 1.69. The summed E-state index contributed by atoms with van der Waals surface area (Å²) in [4.78, 5) is 0. The van der Waals surface area contributed by atoms with E-state index in [4.69, 9.17) is 0 Å². The molecule has 9 aromatic rings. The van der Waals surface area contributed by atoms with Gasteiger partial charge in [0, 0.05) is 39.9 Å². The summed E-state index contributed by atoms with van der Waals surface area (Å²) >= 11 is 0. The van der Waals surface area contributed by atoms with Gasteiger partial charge in [0.15, 0.2) is 0 Å². The summed E-state index contributed by atoms with van der Waals surface area (Å²) in [6, 6.07) is 65.7. The molecule has 0 N–H and O–H groups in total. The highest BCUT2D eigenvalue weighted by atomic mass is 14.5. The first-order valence-corrected chi connectivity index (χ1v) is 39.4. The molecule has 0 aromatic heterocycles. The molecular weight excluding hydrogens is 1250 g/mol. The van der Waals surface area contributed by atoms with Crippen molar-refractivity contribution in [3.05, 3.63) is 371 Å². The molecule has 7 unspecified atom stereocenters. The normalized spacial score (nSPS) is 25.2. The minimum atomic E-state index is -0.185. The standard InChI is InChI=1S/C104H92/c1-101(2)87-41-25-21-37-75(87)97-79(49-65(57-91(97)101)61-29-13-9-14-30-61)69-45-73-46-70(80-50-66(62-31-15-10-16-32-62)58-92-98(80)76-38-22-26-42-88(76)102(92,3)4)55-85-86-56-72(82-52-68(64-35-19-12-20-36-64)60-94-100(82)78-40-24-28-44-90(78)104(94,7)8)48-74-47-71(54-84(96(74)86)83(53-69)95(73)85)81-51-67(63-33-17-11-18-34-63)59-93-99(81)77-39-23-27-43-89(77)103(93,5)6/h9,12-15,17,19,21-35,37-52,55-56,58-60,69,71,80-81,91,98-99H,10-11,16,18,20,36,53-54,57H2,1-8H3. The van der Waals surface area contributed by atoms with E-state index in [1.807, 2.05) is 0 Å². The van der Waals surface area contributed by atoms with Crippen molar-refractivity contribution >= 4 is 50.4 Å². The van der Waals surface area contributed by atoms with Gasteiger partial charge < -0.3 is 0 Å². The van der Waals surface area contributed by atoms with Gasteiger partial charge in [0.05, 0.1) is 0 Å². The first kappa shape index (κ1) is 62.7. The lowest BCUT2D eigenvalue weighted by atomic mass is 9.65. The molecule has 104 heavy (non-hydrogen) atoms. The molecule has 0 spiro atoms. The molecule has 508 valence electrons. The van der Waals surface area contributed by atoms with Crippen molar-refractivity contribution in [2.75, 3.05) is 0 Å². The monoisotopic (exact) mass is 1340 g/mol. The Labute approximate surface area is 615 Å². The van der Waals surface area contributed by atoms with Crippen molar-refractivity contribution in [2.45, 2.75) is 153 Å². The van der Waals surface area contributed by atoms with E-state index in [9.17, 15) is 0 Å². The number of benzene rings is 9. The highest BCUT2D eigenvalue weighted by molar-refractivity contribution is 6.14. The summed E-state index contributed by atoms with van der Waals surface area (Å²) < 4.78 is 0. The van der Waals surface area contributed by atoms with Crippen LogP contribution in [0.3, 0.4) is 0 Å². The highest BCUT2D eigenvalue weighted by Gasteiger charge is 2.51. The summed E-state index contributed by atoms with van der Waals surface area (Å²) in [5.74, 6) is 1.43. The van der Waals surface area contributed by atoms with Crippen LogP contribution >= 0.6 is 0 Å². The summed E-state index contributed by atoms with van der Waals surface area (Å²) in [5.41, 5.74) is 38.7. The molecule has 0 fully saturated rings. The van der Waals surface area contributed by atoms with E-state index < -0.39 is 0 Å². The Balaban J connectivity index is 0.889. The molecule has 0 aliphatic heterocycles. The second kappa shape index (κ2) is 22.8. The summed E-state index contributed by atoms with van der Waals surface area (Å²) in [6.45, 7) is 20.1. The van der Waals surface area contributed by atoms with Gasteiger partial charge in [0.2, 0.25) is 0 Å². The van der Waals surface area contributed by atoms with Crippen molar-refractivity contribution in [1.82, 2.24) is 0 Å². The van der Waals surface area contributed by atoms with Gasteiger partial charge in [-0.05, 0) is 282 Å². The van der Waals surface area contributed by atoms with Crippen LogP contribution in [0, 0.1) is 23.7 Å². The van der Waals surface area contributed by atoms with Crippen molar-refractivity contribution in [3.63, 3.8) is 0 Å². The predicted octanol–water partition coefficient (Wildman–Crippen LogP) is 24.6. The van der Waals surface area contributed by atoms with E-state index in [-0.39, 0.29) is 57.2 Å². The van der Waals surface area contributed by atoms with Crippen molar-refractivity contribution in [2.24, 2.45) is 23.7 Å². The Kier molecular flexibility index (Phi) is 13.7. The zero-order chi connectivity index (χ0) is 69.9. The van der Waals surface area contributed by atoms with Crippen LogP contribution in [-0.4, -0.2) is 0 Å². The van der Waals surface area contributed by atoms with Crippen LogP contribution in [0.25, 0.3) is 72.7 Å². The molecule has 7 atom stereocenters. The van der Waals surface area contributed by atoms with E-state index in [2.05, 4.69) is 316 Å². The smallest absolute Gasteiger partial charge is 0.0167 e. The summed E-state index contributed by atoms with van der Waals surface area (Å²) in [6.07, 6.45) is 50.3. The molecule has 9 aromatic carbocycles. The van der Waals surface area contributed by atoms with Gasteiger partial charge in [-0.2, -0.15) is 0 Å². The van der Waals surface area contributed by atoms with Gasteiger partial charge in [-0.15, -0.1) is 0 Å². The summed E-state index contributed by atoms with van der Waals surface area (Å²) in [7, 11) is 0. The minimum Gasteiger partial charge on any atom is -0.0842 e. The Hall–Kier alpha value is -9.88. The van der Waals surface area contributed by atoms with Crippen molar-refractivity contribution in [3.8, 4) is 22.3 Å². The molecule has 0 saturated heterocycles. The first-order valence-electron chi connectivity index (χ1n) is 39.4. The van der Waals surface area contributed by atoms with Crippen LogP contribution < -0.4 is 10.4 Å². The maximum absolute atomic E-state index is 2.85. The quantitative estimate of drug-likeness (QED) is 0.133. The third kappa shape index (κ3) is 9.09. The number of fused-ring (bicyclic) bond motifs is 14. The van der Waals surface area contributed by atoms with Crippen LogP contribution in [0.5, 0.6) is 0 Å². The number of hydrogen-bond donors (Lipinski definition) is 0. The Bertz CT molecular complexity index is 5900. The fraction of sp³-hybridized carbons (Fsp3) is 0.269. The first-order chi connectivity index (χ1) is 50.6. The molecule has 12 aliphatic carbocycles. The van der Waals surface area contributed by atoms with Gasteiger partial charge in [-0.3, -0.25) is 0 Å². The fourth-order valence-corrected chi connectivity index (χ4v) is 22.9. The maximum Gasteiger partial charge on any atom is 0.0167 e. The molecule has 0 radical (unpaired) electrons. The Morgan fingerprint density at radius 2 is 1.04 bits per heavy atom. The van der Waals surface area contributed by atoms with Gasteiger partial charge in [0.25, 0.3) is 0 Å². The van der Waals surface area contributed by atoms with Gasteiger partial charge >= 0.3 is 0 Å². The average molecular weight is 1340 g/mol. The lowest BCUT2D eigenvalue weighted by molar-refractivity contribution is 0.416. The summed E-state index contributed by atoms with van der Waals surface area (Å²) in [5, 5.41) is 8.59. The third-order valence-corrected chi connectivity index (χ3v) is 28.1. The topological polar surface area (TPSA) is 0 Å². The Morgan fingerprint density at radius 3 is 1.74 bits per heavy atom. The zero-order valence-electron chi connectivity index (χ0n) is 61.7. The molecule has 21 rings (SSSR count). The van der Waals surface area contributed by atoms with Gasteiger partial charge in [0.1, 0.15) is 0 Å². The molecule has 0 saturated carbocycles. The van der Waals surface area contributed by atoms with E-state index in [1.54, 1.807) is 27.8 Å². The largest absolute Gasteiger partial charge is 0.0842 e. The predicted molar refractivity (Wildman–Crippen MR) is 438 cm³/mol. The third-order valence-electron chi connectivity index (χ3n) is 28.1. The number of allylic oxidation sites excluding steroid dienone is 24. The van der Waals surface area contributed by atoms with E-state index in [0.717, 1.165) is 57.8 Å². The molecule has 0 heterocycles. The van der Waals surface area contributed by atoms with Crippen LogP contribution in [0.4, 0.5) is 0 Å². The minimum absolute atomic E-state index is 0.0495. The highest BCUT2D eigenvalue weighted by Crippen LogP contribution is 2.63. The van der Waals surface area contributed by atoms with Crippen LogP contribution in [-0.2, 0) is 34.5 Å². The van der Waals surface area contributed by atoms with Gasteiger partial charge in [-0.25, -0.2) is 0 Å². The van der Waals surface area contributed by atoms with E-state index >= 15 is 0 Å². The lowest BCUT2D eigenvalue weighted by Crippen LogP contribution is -2.32. The van der Waals surface area contributed by atoms with Crippen molar-refractivity contribution in [1.29, 1.82) is 0 Å².